The van der Waals surface area contributed by atoms with Crippen molar-refractivity contribution in [1.29, 1.82) is 0 Å². The second-order valence-electron chi connectivity index (χ2n) is 14.4. The summed E-state index contributed by atoms with van der Waals surface area (Å²) in [6.45, 7) is 0. The van der Waals surface area contributed by atoms with Crippen LogP contribution in [0.25, 0.3) is 120 Å². The first-order valence-corrected chi connectivity index (χ1v) is 18.5. The zero-order chi connectivity index (χ0) is 35.3. The SMILES string of the molecule is c1ccc2c(-c3c4ccccc4c(-c4ccc5cc(-c6ccc7oc8cc9oc%10ccccc%10c9cc8c7c6)ccc5c4)c4ccccc34)cccc2c1. The summed E-state index contributed by atoms with van der Waals surface area (Å²) in [7, 11) is 0. The molecule has 0 aliphatic carbocycles. The molecule has 0 bridgehead atoms. The first-order chi connectivity index (χ1) is 26.7. The molecule has 2 aromatic heterocycles. The number of fused-ring (bicyclic) bond motifs is 10. The van der Waals surface area contributed by atoms with Gasteiger partial charge in [0.1, 0.15) is 22.3 Å². The Hall–Kier alpha value is -7.16. The minimum Gasteiger partial charge on any atom is -0.456 e. The van der Waals surface area contributed by atoms with Crippen LogP contribution in [0.1, 0.15) is 0 Å². The molecule has 2 heterocycles. The van der Waals surface area contributed by atoms with Crippen LogP contribution in [0.4, 0.5) is 0 Å². The van der Waals surface area contributed by atoms with Crippen LogP contribution in [0, 0.1) is 0 Å². The fraction of sp³-hybridized carbons (Fsp3) is 0. The summed E-state index contributed by atoms with van der Waals surface area (Å²) < 4.78 is 12.5. The summed E-state index contributed by atoms with van der Waals surface area (Å²) in [6, 6.07) is 65.9. The minimum atomic E-state index is 0.838. The normalized spacial score (nSPS) is 12.1. The van der Waals surface area contributed by atoms with Gasteiger partial charge in [0.2, 0.25) is 0 Å². The molecule has 0 spiro atoms. The molecule has 12 rings (SSSR count). The molecule has 0 saturated carbocycles. The molecule has 0 amide bonds. The Morgan fingerprint density at radius 1 is 0.241 bits per heavy atom. The molecule has 0 aliphatic rings. The van der Waals surface area contributed by atoms with Gasteiger partial charge in [0.05, 0.1) is 0 Å². The highest BCUT2D eigenvalue weighted by atomic mass is 16.3. The van der Waals surface area contributed by atoms with Crippen molar-refractivity contribution in [2.75, 3.05) is 0 Å². The monoisotopic (exact) mass is 686 g/mol. The van der Waals surface area contributed by atoms with Crippen LogP contribution in [-0.2, 0) is 0 Å². The van der Waals surface area contributed by atoms with Crippen molar-refractivity contribution in [3.8, 4) is 33.4 Å². The molecule has 0 unspecified atom stereocenters. The van der Waals surface area contributed by atoms with E-state index in [1.807, 2.05) is 18.2 Å². The van der Waals surface area contributed by atoms with Gasteiger partial charge in [0, 0.05) is 27.6 Å². The maximum atomic E-state index is 6.33. The standard InChI is InChI=1S/C52H30O2/c1-2-12-37-31(10-1)11-9-18-39(37)52-42-16-5-3-14-40(42)51(41-15-4-6-17-43(41)52)36-23-22-32-26-33(20-21-34(32)27-36)35-24-25-48-44(28-35)46-29-45-38-13-7-8-19-47(38)53-49(45)30-50(46)54-48/h1-30H. The molecule has 250 valence electrons. The molecule has 54 heavy (non-hydrogen) atoms. The van der Waals surface area contributed by atoms with Crippen LogP contribution < -0.4 is 0 Å². The van der Waals surface area contributed by atoms with E-state index >= 15 is 0 Å². The van der Waals surface area contributed by atoms with Crippen molar-refractivity contribution in [2.45, 2.75) is 0 Å². The Kier molecular flexibility index (Phi) is 6.09. The topological polar surface area (TPSA) is 26.3 Å². The highest BCUT2D eigenvalue weighted by Gasteiger charge is 2.19. The molecule has 2 heteroatoms. The van der Waals surface area contributed by atoms with Crippen LogP contribution in [-0.4, -0.2) is 0 Å². The van der Waals surface area contributed by atoms with Gasteiger partial charge in [-0.25, -0.2) is 0 Å². The maximum Gasteiger partial charge on any atom is 0.139 e. The van der Waals surface area contributed by atoms with E-state index in [1.54, 1.807) is 0 Å². The zero-order valence-electron chi connectivity index (χ0n) is 29.1. The van der Waals surface area contributed by atoms with E-state index in [-0.39, 0.29) is 0 Å². The van der Waals surface area contributed by atoms with E-state index in [0.29, 0.717) is 0 Å². The molecule has 0 radical (unpaired) electrons. The number of hydrogen-bond donors (Lipinski definition) is 0. The summed E-state index contributed by atoms with van der Waals surface area (Å²) in [5.41, 5.74) is 10.8. The van der Waals surface area contributed by atoms with E-state index < -0.39 is 0 Å². The zero-order valence-corrected chi connectivity index (χ0v) is 29.1. The van der Waals surface area contributed by atoms with E-state index in [0.717, 1.165) is 49.4 Å². The average molecular weight is 687 g/mol. The number of rotatable bonds is 3. The summed E-state index contributed by atoms with van der Waals surface area (Å²) >= 11 is 0. The van der Waals surface area contributed by atoms with Gasteiger partial charge >= 0.3 is 0 Å². The summed E-state index contributed by atoms with van der Waals surface area (Å²) in [5.74, 6) is 0. The Morgan fingerprint density at radius 2 is 0.741 bits per heavy atom. The largest absolute Gasteiger partial charge is 0.456 e. The molecular weight excluding hydrogens is 657 g/mol. The smallest absolute Gasteiger partial charge is 0.139 e. The summed E-state index contributed by atoms with van der Waals surface area (Å²) in [5, 5.41) is 14.4. The van der Waals surface area contributed by atoms with Crippen molar-refractivity contribution in [3.63, 3.8) is 0 Å². The third-order valence-electron chi connectivity index (χ3n) is 11.4. The van der Waals surface area contributed by atoms with Crippen LogP contribution >= 0.6 is 0 Å². The van der Waals surface area contributed by atoms with Crippen LogP contribution in [0.2, 0.25) is 0 Å². The van der Waals surface area contributed by atoms with E-state index in [4.69, 9.17) is 8.83 Å². The number of para-hydroxylation sites is 1. The number of furan rings is 2. The first kappa shape index (κ1) is 29.4. The van der Waals surface area contributed by atoms with Crippen molar-refractivity contribution in [3.05, 3.63) is 182 Å². The quantitative estimate of drug-likeness (QED) is 0.173. The predicted molar refractivity (Wildman–Crippen MR) is 227 cm³/mol. The lowest BCUT2D eigenvalue weighted by Crippen LogP contribution is -1.91. The van der Waals surface area contributed by atoms with E-state index in [2.05, 4.69) is 164 Å². The Balaban J connectivity index is 1.000. The van der Waals surface area contributed by atoms with Crippen LogP contribution in [0.3, 0.4) is 0 Å². The average Bonchev–Trinajstić information content (AvgIpc) is 3.78. The fourth-order valence-corrected chi connectivity index (χ4v) is 8.93. The van der Waals surface area contributed by atoms with Gasteiger partial charge in [-0.05, 0) is 113 Å². The number of hydrogen-bond acceptors (Lipinski definition) is 2. The molecule has 0 N–H and O–H groups in total. The van der Waals surface area contributed by atoms with Crippen molar-refractivity contribution in [1.82, 2.24) is 0 Å². The van der Waals surface area contributed by atoms with Gasteiger partial charge in [0.25, 0.3) is 0 Å². The van der Waals surface area contributed by atoms with Crippen molar-refractivity contribution >= 4 is 87.0 Å². The molecule has 0 fully saturated rings. The molecule has 0 aliphatic heterocycles. The molecule has 0 atom stereocenters. The van der Waals surface area contributed by atoms with Gasteiger partial charge in [-0.1, -0.05) is 140 Å². The lowest BCUT2D eigenvalue weighted by atomic mass is 9.84. The Labute approximate surface area is 310 Å². The molecule has 10 aromatic carbocycles. The lowest BCUT2D eigenvalue weighted by Gasteiger charge is -2.19. The van der Waals surface area contributed by atoms with Gasteiger partial charge in [-0.2, -0.15) is 0 Å². The predicted octanol–water partition coefficient (Wildman–Crippen LogP) is 15.1. The second kappa shape index (κ2) is 11.2. The summed E-state index contributed by atoms with van der Waals surface area (Å²) in [4.78, 5) is 0. The third kappa shape index (κ3) is 4.28. The number of benzene rings is 10. The third-order valence-corrected chi connectivity index (χ3v) is 11.4. The minimum absolute atomic E-state index is 0.838. The van der Waals surface area contributed by atoms with Gasteiger partial charge < -0.3 is 8.83 Å². The van der Waals surface area contributed by atoms with E-state index in [1.165, 1.54) is 70.9 Å². The van der Waals surface area contributed by atoms with E-state index in [9.17, 15) is 0 Å². The summed E-state index contributed by atoms with van der Waals surface area (Å²) in [6.07, 6.45) is 0. The Morgan fingerprint density at radius 3 is 1.48 bits per heavy atom. The second-order valence-corrected chi connectivity index (χ2v) is 14.4. The van der Waals surface area contributed by atoms with Crippen molar-refractivity contribution in [2.24, 2.45) is 0 Å². The molecular formula is C52H30O2. The van der Waals surface area contributed by atoms with Crippen molar-refractivity contribution < 1.29 is 8.83 Å². The van der Waals surface area contributed by atoms with Gasteiger partial charge in [0.15, 0.2) is 0 Å². The van der Waals surface area contributed by atoms with Crippen LogP contribution in [0.5, 0.6) is 0 Å². The van der Waals surface area contributed by atoms with Crippen LogP contribution in [0.15, 0.2) is 191 Å². The lowest BCUT2D eigenvalue weighted by molar-refractivity contribution is 0.656. The Bertz CT molecular complexity index is 3440. The molecule has 2 nitrogen and oxygen atoms in total. The highest BCUT2D eigenvalue weighted by molar-refractivity contribution is 6.24. The highest BCUT2D eigenvalue weighted by Crippen LogP contribution is 2.46. The fourth-order valence-electron chi connectivity index (χ4n) is 8.93. The van der Waals surface area contributed by atoms with Gasteiger partial charge in [-0.3, -0.25) is 0 Å². The van der Waals surface area contributed by atoms with Gasteiger partial charge in [-0.15, -0.1) is 0 Å². The molecule has 0 saturated heterocycles. The molecule has 12 aromatic rings. The first-order valence-electron chi connectivity index (χ1n) is 18.5. The maximum absolute atomic E-state index is 6.33.